The Bertz CT molecular complexity index is 887. The molecule has 3 aromatic rings. The van der Waals surface area contributed by atoms with E-state index in [9.17, 15) is 14.9 Å². The summed E-state index contributed by atoms with van der Waals surface area (Å²) in [5.41, 5.74) is 1.50. The molecule has 23 heavy (non-hydrogen) atoms. The molecule has 2 aromatic heterocycles. The monoisotopic (exact) mass is 327 g/mol. The highest BCUT2D eigenvalue weighted by molar-refractivity contribution is 7.09. The first-order valence-electron chi connectivity index (χ1n) is 6.94. The van der Waals surface area contributed by atoms with Crippen LogP contribution in [0.5, 0.6) is 0 Å². The van der Waals surface area contributed by atoms with Crippen LogP contribution in [0.2, 0.25) is 0 Å². The van der Waals surface area contributed by atoms with E-state index < -0.39 is 4.92 Å². The second kappa shape index (κ2) is 6.53. The quantitative estimate of drug-likeness (QED) is 0.533. The third-order valence-corrected chi connectivity index (χ3v) is 4.21. The molecule has 2 heterocycles. The highest BCUT2D eigenvalue weighted by Crippen LogP contribution is 2.16. The average molecular weight is 327 g/mol. The Hall–Kier alpha value is -2.80. The summed E-state index contributed by atoms with van der Waals surface area (Å²) >= 11 is 1.52. The highest BCUT2D eigenvalue weighted by atomic mass is 32.1. The predicted octanol–water partition coefficient (Wildman–Crippen LogP) is 2.85. The topological polar surface area (TPSA) is 78.0 Å². The van der Waals surface area contributed by atoms with Crippen molar-refractivity contribution >= 4 is 17.0 Å². The van der Waals surface area contributed by atoms with Crippen molar-refractivity contribution in [3.05, 3.63) is 90.8 Å². The van der Waals surface area contributed by atoms with E-state index >= 15 is 0 Å². The van der Waals surface area contributed by atoms with E-state index in [0.717, 1.165) is 17.1 Å². The van der Waals surface area contributed by atoms with Gasteiger partial charge in [-0.3, -0.25) is 14.9 Å². The lowest BCUT2D eigenvalue weighted by Gasteiger charge is -2.02. The van der Waals surface area contributed by atoms with E-state index in [2.05, 4.69) is 4.98 Å². The lowest BCUT2D eigenvalue weighted by atomic mass is 10.2. The first-order chi connectivity index (χ1) is 11.1. The fraction of sp³-hybridized carbons (Fsp3) is 0.125. The summed E-state index contributed by atoms with van der Waals surface area (Å²) < 4.78 is 1.31. The van der Waals surface area contributed by atoms with E-state index in [1.807, 2.05) is 35.7 Å². The summed E-state index contributed by atoms with van der Waals surface area (Å²) in [7, 11) is 0. The summed E-state index contributed by atoms with van der Waals surface area (Å²) in [6.07, 6.45) is 1.98. The van der Waals surface area contributed by atoms with Crippen LogP contribution in [0.4, 0.5) is 5.69 Å². The minimum atomic E-state index is -0.516. The second-order valence-corrected chi connectivity index (χ2v) is 5.95. The molecule has 0 aliphatic heterocycles. The van der Waals surface area contributed by atoms with Gasteiger partial charge >= 0.3 is 0 Å². The Morgan fingerprint density at radius 1 is 1.17 bits per heavy atom. The van der Waals surface area contributed by atoms with Crippen molar-refractivity contribution < 1.29 is 4.92 Å². The lowest BCUT2D eigenvalue weighted by molar-refractivity contribution is -0.385. The first kappa shape index (κ1) is 15.1. The maximum absolute atomic E-state index is 11.8. The van der Waals surface area contributed by atoms with Crippen LogP contribution in [0.1, 0.15) is 16.3 Å². The van der Waals surface area contributed by atoms with Gasteiger partial charge in [-0.05, 0) is 5.56 Å². The van der Waals surface area contributed by atoms with Gasteiger partial charge in [0.1, 0.15) is 0 Å². The first-order valence-corrected chi connectivity index (χ1v) is 7.82. The number of hydrogen-bond acceptors (Lipinski definition) is 5. The third-order valence-electron chi connectivity index (χ3n) is 3.31. The van der Waals surface area contributed by atoms with E-state index in [0.29, 0.717) is 0 Å². The van der Waals surface area contributed by atoms with Gasteiger partial charge in [0.05, 0.1) is 28.4 Å². The van der Waals surface area contributed by atoms with Crippen molar-refractivity contribution in [1.82, 2.24) is 9.55 Å². The molecule has 0 atom stereocenters. The summed E-state index contributed by atoms with van der Waals surface area (Å²) in [5, 5.41) is 13.6. The predicted molar refractivity (Wildman–Crippen MR) is 87.8 cm³/mol. The number of nitro groups is 1. The molecule has 0 bridgehead atoms. The summed E-state index contributed by atoms with van der Waals surface area (Å²) in [6, 6.07) is 12.4. The second-order valence-electron chi connectivity index (χ2n) is 5.01. The number of rotatable bonds is 5. The van der Waals surface area contributed by atoms with E-state index in [1.54, 1.807) is 0 Å². The standard InChI is InChI=1S/C16H13N3O3S/c20-16-7-6-14(19(21)22)10-18(16)9-13-11-23-15(17-13)8-12-4-2-1-3-5-12/h1-7,10-11H,8-9H2. The Balaban J connectivity index is 1.78. The van der Waals surface area contributed by atoms with Gasteiger partial charge in [0, 0.05) is 23.9 Å². The normalized spacial score (nSPS) is 10.6. The van der Waals surface area contributed by atoms with E-state index in [-0.39, 0.29) is 17.8 Å². The SMILES string of the molecule is O=c1ccc([N+](=O)[O-])cn1Cc1csc(Cc2ccccc2)n1. The van der Waals surface area contributed by atoms with Crippen molar-refractivity contribution in [3.8, 4) is 0 Å². The largest absolute Gasteiger partial charge is 0.303 e. The molecule has 6 nitrogen and oxygen atoms in total. The van der Waals surface area contributed by atoms with E-state index in [4.69, 9.17) is 0 Å². The van der Waals surface area contributed by atoms with Crippen LogP contribution in [-0.2, 0) is 13.0 Å². The zero-order chi connectivity index (χ0) is 16.2. The molecule has 0 radical (unpaired) electrons. The lowest BCUT2D eigenvalue weighted by Crippen LogP contribution is -2.19. The van der Waals surface area contributed by atoms with Crippen molar-refractivity contribution in [2.24, 2.45) is 0 Å². The van der Waals surface area contributed by atoms with Gasteiger partial charge < -0.3 is 4.57 Å². The molecule has 0 saturated heterocycles. The van der Waals surface area contributed by atoms with Gasteiger partial charge in [-0.1, -0.05) is 30.3 Å². The van der Waals surface area contributed by atoms with Gasteiger partial charge in [-0.15, -0.1) is 11.3 Å². The molecule has 0 N–H and O–H groups in total. The molecule has 0 unspecified atom stereocenters. The number of hydrogen-bond donors (Lipinski definition) is 0. The van der Waals surface area contributed by atoms with Crippen LogP contribution < -0.4 is 5.56 Å². The molecule has 7 heteroatoms. The van der Waals surface area contributed by atoms with Crippen molar-refractivity contribution in [2.45, 2.75) is 13.0 Å². The van der Waals surface area contributed by atoms with Crippen LogP contribution in [0, 0.1) is 10.1 Å². The molecule has 0 aliphatic rings. The fourth-order valence-corrected chi connectivity index (χ4v) is 3.02. The average Bonchev–Trinajstić information content (AvgIpc) is 2.97. The molecule has 3 rings (SSSR count). The molecule has 0 saturated carbocycles. The van der Waals surface area contributed by atoms with Crippen LogP contribution >= 0.6 is 11.3 Å². The smallest absolute Gasteiger partial charge is 0.285 e. The summed E-state index contributed by atoms with van der Waals surface area (Å²) in [6.45, 7) is 0.228. The fourth-order valence-electron chi connectivity index (χ4n) is 2.20. The molecule has 0 fully saturated rings. The molecule has 0 amide bonds. The van der Waals surface area contributed by atoms with Gasteiger partial charge in [-0.2, -0.15) is 0 Å². The number of nitrogens with zero attached hydrogens (tertiary/aromatic N) is 3. The van der Waals surface area contributed by atoms with Gasteiger partial charge in [0.15, 0.2) is 0 Å². The van der Waals surface area contributed by atoms with E-state index in [1.165, 1.54) is 39.8 Å². The highest BCUT2D eigenvalue weighted by Gasteiger charge is 2.10. The Labute approximate surface area is 135 Å². The minimum absolute atomic E-state index is 0.107. The van der Waals surface area contributed by atoms with Gasteiger partial charge in [0.25, 0.3) is 11.2 Å². The number of thiazole rings is 1. The van der Waals surface area contributed by atoms with Crippen molar-refractivity contribution in [1.29, 1.82) is 0 Å². The Kier molecular flexibility index (Phi) is 4.29. The zero-order valence-electron chi connectivity index (χ0n) is 12.1. The summed E-state index contributed by atoms with van der Waals surface area (Å²) in [4.78, 5) is 26.6. The van der Waals surface area contributed by atoms with Crippen LogP contribution in [0.3, 0.4) is 0 Å². The third kappa shape index (κ3) is 3.70. The minimum Gasteiger partial charge on any atom is -0.303 e. The van der Waals surface area contributed by atoms with Crippen molar-refractivity contribution in [3.63, 3.8) is 0 Å². The molecule has 0 spiro atoms. The molecule has 116 valence electrons. The van der Waals surface area contributed by atoms with Crippen LogP contribution in [0.25, 0.3) is 0 Å². The van der Waals surface area contributed by atoms with Crippen molar-refractivity contribution in [2.75, 3.05) is 0 Å². The summed E-state index contributed by atoms with van der Waals surface area (Å²) in [5.74, 6) is 0. The molecule has 1 aromatic carbocycles. The molecule has 0 aliphatic carbocycles. The number of pyridine rings is 1. The number of aromatic nitrogens is 2. The molecular weight excluding hydrogens is 314 g/mol. The maximum atomic E-state index is 11.8. The number of benzene rings is 1. The van der Waals surface area contributed by atoms with Gasteiger partial charge in [-0.25, -0.2) is 4.98 Å². The zero-order valence-corrected chi connectivity index (χ0v) is 12.9. The maximum Gasteiger partial charge on any atom is 0.285 e. The van der Waals surface area contributed by atoms with Crippen LogP contribution in [0.15, 0.2) is 58.8 Å². The van der Waals surface area contributed by atoms with Crippen LogP contribution in [-0.4, -0.2) is 14.5 Å². The van der Waals surface area contributed by atoms with Gasteiger partial charge in [0.2, 0.25) is 0 Å². The molecular formula is C16H13N3O3S. The Morgan fingerprint density at radius 2 is 1.96 bits per heavy atom. The Morgan fingerprint density at radius 3 is 2.70 bits per heavy atom.